The molecule has 3 rings (SSSR count). The van der Waals surface area contributed by atoms with Crippen LogP contribution < -0.4 is 4.74 Å². The number of carboxylic acid groups (broad SMARTS) is 1. The van der Waals surface area contributed by atoms with Gasteiger partial charge in [-0.15, -0.1) is 0 Å². The zero-order chi connectivity index (χ0) is 22.1. The second-order valence-corrected chi connectivity index (χ2v) is 7.56. The SMILES string of the molecule is CCCCCC1=CC(=O)C=C(OC)C12C(=O)Oc1cc(O)c(C(=O)O)c(CCC)c12. The Kier molecular flexibility index (Phi) is 6.01. The van der Waals surface area contributed by atoms with Crippen LogP contribution in [0, 0.1) is 0 Å². The van der Waals surface area contributed by atoms with E-state index in [1.807, 2.05) is 6.92 Å². The predicted molar refractivity (Wildman–Crippen MR) is 109 cm³/mol. The molecule has 0 radical (unpaired) electrons. The molecule has 2 N–H and O–H groups in total. The summed E-state index contributed by atoms with van der Waals surface area (Å²) < 4.78 is 11.1. The zero-order valence-electron chi connectivity index (χ0n) is 17.4. The van der Waals surface area contributed by atoms with E-state index in [4.69, 9.17) is 9.47 Å². The highest BCUT2D eigenvalue weighted by molar-refractivity contribution is 6.09. The predicted octanol–water partition coefficient (Wildman–Crippen LogP) is 3.82. The van der Waals surface area contributed by atoms with Crippen LogP contribution in [0.4, 0.5) is 0 Å². The first-order valence-electron chi connectivity index (χ1n) is 10.2. The molecule has 7 heteroatoms. The molecule has 1 atom stereocenters. The number of carboxylic acids is 1. The van der Waals surface area contributed by atoms with Crippen molar-refractivity contribution in [3.05, 3.63) is 46.2 Å². The normalized spacial score (nSPS) is 20.0. The number of rotatable bonds is 8. The number of carbonyl (C=O) groups excluding carboxylic acids is 2. The van der Waals surface area contributed by atoms with Gasteiger partial charge in [0, 0.05) is 17.7 Å². The molecule has 0 fully saturated rings. The fraction of sp³-hybridized carbons (Fsp3) is 0.435. The van der Waals surface area contributed by atoms with Crippen molar-refractivity contribution in [3.63, 3.8) is 0 Å². The minimum atomic E-state index is -1.52. The average molecular weight is 414 g/mol. The quantitative estimate of drug-likeness (QED) is 0.378. The Morgan fingerprint density at radius 3 is 2.47 bits per heavy atom. The Labute approximate surface area is 175 Å². The maximum absolute atomic E-state index is 13.4. The van der Waals surface area contributed by atoms with Crippen LogP contribution >= 0.6 is 0 Å². The van der Waals surface area contributed by atoms with Gasteiger partial charge < -0.3 is 19.7 Å². The standard InChI is InChI=1S/C23H26O7/c1-4-6-7-9-13-10-14(24)11-18(29-3)23(13)20-15(8-5-2)19(21(26)27)16(25)12-17(20)30-22(23)28/h10-12,25H,4-9H2,1-3H3,(H,26,27). The van der Waals surface area contributed by atoms with Gasteiger partial charge in [-0.25, -0.2) is 9.59 Å². The van der Waals surface area contributed by atoms with Crippen molar-refractivity contribution in [2.45, 2.75) is 57.8 Å². The number of carbonyl (C=O) groups is 3. The van der Waals surface area contributed by atoms with Gasteiger partial charge in [-0.2, -0.15) is 0 Å². The third kappa shape index (κ3) is 3.18. The van der Waals surface area contributed by atoms with Crippen LogP contribution in [-0.4, -0.2) is 35.0 Å². The molecule has 0 amide bonds. The number of allylic oxidation sites excluding steroid dienone is 2. The van der Waals surface area contributed by atoms with E-state index < -0.39 is 23.1 Å². The molecule has 1 aliphatic heterocycles. The highest BCUT2D eigenvalue weighted by Gasteiger charge is 2.58. The molecule has 1 heterocycles. The van der Waals surface area contributed by atoms with Crippen molar-refractivity contribution in [1.82, 2.24) is 0 Å². The number of aromatic hydroxyl groups is 1. The molecular formula is C23H26O7. The van der Waals surface area contributed by atoms with Gasteiger partial charge in [-0.1, -0.05) is 33.1 Å². The number of phenols is 1. The minimum Gasteiger partial charge on any atom is -0.507 e. The first-order valence-corrected chi connectivity index (χ1v) is 10.2. The third-order valence-corrected chi connectivity index (χ3v) is 5.68. The molecule has 2 aliphatic rings. The fourth-order valence-corrected chi connectivity index (χ4v) is 4.48. The van der Waals surface area contributed by atoms with Gasteiger partial charge in [0.2, 0.25) is 0 Å². The second kappa shape index (κ2) is 8.34. The summed E-state index contributed by atoms with van der Waals surface area (Å²) in [4.78, 5) is 37.7. The van der Waals surface area contributed by atoms with Crippen LogP contribution in [0.5, 0.6) is 11.5 Å². The van der Waals surface area contributed by atoms with E-state index in [1.54, 1.807) is 0 Å². The number of benzene rings is 1. The lowest BCUT2D eigenvalue weighted by atomic mass is 9.66. The summed E-state index contributed by atoms with van der Waals surface area (Å²) in [5.41, 5.74) is -0.567. The summed E-state index contributed by atoms with van der Waals surface area (Å²) in [6.45, 7) is 3.93. The lowest BCUT2D eigenvalue weighted by Crippen LogP contribution is -2.42. The molecule has 1 unspecified atom stereocenters. The summed E-state index contributed by atoms with van der Waals surface area (Å²) in [6, 6.07) is 1.16. The Balaban J connectivity index is 2.36. The fourth-order valence-electron chi connectivity index (χ4n) is 4.48. The van der Waals surface area contributed by atoms with Crippen molar-refractivity contribution >= 4 is 17.7 Å². The second-order valence-electron chi connectivity index (χ2n) is 7.56. The smallest absolute Gasteiger partial charge is 0.339 e. The Hall–Kier alpha value is -3.09. The first-order chi connectivity index (χ1) is 14.3. The molecule has 1 aromatic rings. The summed E-state index contributed by atoms with van der Waals surface area (Å²) in [7, 11) is 1.37. The Bertz CT molecular complexity index is 970. The average Bonchev–Trinajstić information content (AvgIpc) is 2.96. The molecule has 7 nitrogen and oxygen atoms in total. The molecule has 0 saturated carbocycles. The van der Waals surface area contributed by atoms with E-state index in [0.29, 0.717) is 36.0 Å². The van der Waals surface area contributed by atoms with E-state index in [0.717, 1.165) is 25.3 Å². The number of ketones is 1. The van der Waals surface area contributed by atoms with Crippen molar-refractivity contribution in [2.75, 3.05) is 7.11 Å². The Morgan fingerprint density at radius 1 is 1.13 bits per heavy atom. The van der Waals surface area contributed by atoms with E-state index >= 15 is 0 Å². The monoisotopic (exact) mass is 414 g/mol. The number of unbranched alkanes of at least 4 members (excludes halogenated alkanes) is 2. The number of esters is 1. The minimum absolute atomic E-state index is 0.102. The molecule has 1 aliphatic carbocycles. The van der Waals surface area contributed by atoms with E-state index in [9.17, 15) is 24.6 Å². The number of methoxy groups -OCH3 is 1. The molecule has 0 bridgehead atoms. The largest absolute Gasteiger partial charge is 0.507 e. The van der Waals surface area contributed by atoms with Gasteiger partial charge in [-0.05, 0) is 36.5 Å². The van der Waals surface area contributed by atoms with Gasteiger partial charge in [0.15, 0.2) is 11.2 Å². The summed E-state index contributed by atoms with van der Waals surface area (Å²) in [5.74, 6) is -2.48. The molecule has 1 aromatic carbocycles. The van der Waals surface area contributed by atoms with Gasteiger partial charge in [0.1, 0.15) is 22.8 Å². The van der Waals surface area contributed by atoms with Gasteiger partial charge >= 0.3 is 11.9 Å². The molecule has 0 aromatic heterocycles. The number of hydrogen-bond acceptors (Lipinski definition) is 6. The van der Waals surface area contributed by atoms with Crippen molar-refractivity contribution in [3.8, 4) is 11.5 Å². The van der Waals surface area contributed by atoms with Crippen LogP contribution in [0.15, 0.2) is 29.6 Å². The van der Waals surface area contributed by atoms with Gasteiger partial charge in [-0.3, -0.25) is 4.79 Å². The molecule has 1 spiro atoms. The van der Waals surface area contributed by atoms with Crippen LogP contribution in [0.3, 0.4) is 0 Å². The van der Waals surface area contributed by atoms with Crippen molar-refractivity contribution in [2.24, 2.45) is 0 Å². The van der Waals surface area contributed by atoms with Gasteiger partial charge in [0.05, 0.1) is 7.11 Å². The number of ether oxygens (including phenoxy) is 2. The first kappa shape index (κ1) is 21.6. The highest BCUT2D eigenvalue weighted by Crippen LogP contribution is 2.55. The maximum atomic E-state index is 13.4. The Morgan fingerprint density at radius 2 is 1.87 bits per heavy atom. The van der Waals surface area contributed by atoms with Crippen molar-refractivity contribution < 1.29 is 34.1 Å². The van der Waals surface area contributed by atoms with Gasteiger partial charge in [0.25, 0.3) is 0 Å². The van der Waals surface area contributed by atoms with Crippen LogP contribution in [0.2, 0.25) is 0 Å². The molecular weight excluding hydrogens is 388 g/mol. The topological polar surface area (TPSA) is 110 Å². The molecule has 0 saturated heterocycles. The van der Waals surface area contributed by atoms with Crippen molar-refractivity contribution in [1.29, 1.82) is 0 Å². The lowest BCUT2D eigenvalue weighted by Gasteiger charge is -2.34. The molecule has 30 heavy (non-hydrogen) atoms. The summed E-state index contributed by atoms with van der Waals surface area (Å²) in [6.07, 6.45) is 6.66. The van der Waals surface area contributed by atoms with E-state index in [2.05, 4.69) is 6.92 Å². The number of fused-ring (bicyclic) bond motifs is 2. The lowest BCUT2D eigenvalue weighted by molar-refractivity contribution is -0.137. The van der Waals surface area contributed by atoms with Crippen LogP contribution in [-0.2, 0) is 26.2 Å². The van der Waals surface area contributed by atoms with E-state index in [1.165, 1.54) is 19.3 Å². The summed E-state index contributed by atoms with van der Waals surface area (Å²) >= 11 is 0. The van der Waals surface area contributed by atoms with Crippen LogP contribution in [0.25, 0.3) is 0 Å². The van der Waals surface area contributed by atoms with Crippen LogP contribution in [0.1, 0.15) is 67.4 Å². The maximum Gasteiger partial charge on any atom is 0.339 e. The number of aromatic carboxylic acids is 1. The third-order valence-electron chi connectivity index (χ3n) is 5.68. The number of hydrogen-bond donors (Lipinski definition) is 2. The van der Waals surface area contributed by atoms with E-state index in [-0.39, 0.29) is 22.9 Å². The zero-order valence-corrected chi connectivity index (χ0v) is 17.4. The summed E-state index contributed by atoms with van der Waals surface area (Å²) in [5, 5.41) is 20.1. The molecule has 160 valence electrons. The highest BCUT2D eigenvalue weighted by atomic mass is 16.5.